The lowest BCUT2D eigenvalue weighted by Gasteiger charge is -2.47. The second-order valence-corrected chi connectivity index (χ2v) is 7.60. The predicted octanol–water partition coefficient (Wildman–Crippen LogP) is 0.332. The molecule has 0 bridgehead atoms. The molecule has 1 spiro atoms. The van der Waals surface area contributed by atoms with Gasteiger partial charge < -0.3 is 10.1 Å². The van der Waals surface area contributed by atoms with Gasteiger partial charge >= 0.3 is 0 Å². The summed E-state index contributed by atoms with van der Waals surface area (Å²) in [5.74, 6) is 0.537. The molecule has 2 aliphatic heterocycles. The van der Waals surface area contributed by atoms with Gasteiger partial charge in [-0.25, -0.2) is 8.42 Å². The summed E-state index contributed by atoms with van der Waals surface area (Å²) < 4.78 is 28.8. The summed E-state index contributed by atoms with van der Waals surface area (Å²) in [6.45, 7) is 5.71. The number of hydrogen-bond donors (Lipinski definition) is 1. The molecule has 0 saturated carbocycles. The van der Waals surface area contributed by atoms with Gasteiger partial charge in [-0.2, -0.15) is 0 Å². The molecule has 0 amide bonds. The van der Waals surface area contributed by atoms with Gasteiger partial charge in [0, 0.05) is 13.1 Å². The van der Waals surface area contributed by atoms with Gasteiger partial charge in [-0.3, -0.25) is 0 Å². The molecule has 5 heteroatoms. The number of hydrogen-bond acceptors (Lipinski definition) is 4. The molecular formula is C10H19NO3S. The Labute approximate surface area is 91.3 Å². The minimum atomic E-state index is -2.80. The number of rotatable bonds is 0. The summed E-state index contributed by atoms with van der Waals surface area (Å²) in [5.41, 5.74) is -0.424. The highest BCUT2D eigenvalue weighted by atomic mass is 32.2. The molecule has 2 saturated heterocycles. The molecule has 88 valence electrons. The summed E-state index contributed by atoms with van der Waals surface area (Å²) >= 11 is 0. The van der Waals surface area contributed by atoms with Crippen molar-refractivity contribution in [3.8, 4) is 0 Å². The number of nitrogens with one attached hydrogen (secondary N) is 1. The zero-order valence-corrected chi connectivity index (χ0v) is 10.2. The smallest absolute Gasteiger partial charge is 0.150 e. The van der Waals surface area contributed by atoms with Gasteiger partial charge in [-0.15, -0.1) is 0 Å². The van der Waals surface area contributed by atoms with E-state index < -0.39 is 9.84 Å². The molecule has 0 unspecified atom stereocenters. The zero-order chi connectivity index (χ0) is 11.2. The van der Waals surface area contributed by atoms with Crippen molar-refractivity contribution in [2.45, 2.75) is 37.9 Å². The van der Waals surface area contributed by atoms with Crippen LogP contribution in [-0.4, -0.2) is 44.2 Å². The molecule has 2 aliphatic rings. The highest BCUT2D eigenvalue weighted by Gasteiger charge is 2.44. The van der Waals surface area contributed by atoms with Gasteiger partial charge in [0.1, 0.15) is 0 Å². The van der Waals surface area contributed by atoms with E-state index in [0.717, 1.165) is 13.1 Å². The van der Waals surface area contributed by atoms with Gasteiger partial charge in [-0.1, -0.05) is 0 Å². The molecule has 2 heterocycles. The molecular weight excluding hydrogens is 214 g/mol. The summed E-state index contributed by atoms with van der Waals surface area (Å²) in [5, 5.41) is 3.34. The lowest BCUT2D eigenvalue weighted by atomic mass is 9.92. The van der Waals surface area contributed by atoms with E-state index in [4.69, 9.17) is 4.74 Å². The standard InChI is InChI=1S/C10H19NO3S/c1-9(2)7-11-8-10(14-9)3-5-15(12,13)6-4-10/h11H,3-8H2,1-2H3. The SMILES string of the molecule is CC1(C)CNCC2(CCS(=O)(=O)CC2)O1. The van der Waals surface area contributed by atoms with E-state index in [1.165, 1.54) is 0 Å². The van der Waals surface area contributed by atoms with Gasteiger partial charge in [0.15, 0.2) is 9.84 Å². The largest absolute Gasteiger partial charge is 0.366 e. The average Bonchev–Trinajstić information content (AvgIpc) is 2.10. The first kappa shape index (κ1) is 11.4. The zero-order valence-electron chi connectivity index (χ0n) is 9.38. The second-order valence-electron chi connectivity index (χ2n) is 5.30. The van der Waals surface area contributed by atoms with Crippen LogP contribution in [0.4, 0.5) is 0 Å². The van der Waals surface area contributed by atoms with E-state index in [9.17, 15) is 8.42 Å². The van der Waals surface area contributed by atoms with E-state index in [-0.39, 0.29) is 22.7 Å². The number of sulfone groups is 1. The van der Waals surface area contributed by atoms with E-state index in [1.54, 1.807) is 0 Å². The maximum Gasteiger partial charge on any atom is 0.150 e. The van der Waals surface area contributed by atoms with Crippen LogP contribution in [0.25, 0.3) is 0 Å². The van der Waals surface area contributed by atoms with E-state index >= 15 is 0 Å². The summed E-state index contributed by atoms with van der Waals surface area (Å²) in [7, 11) is -2.80. The van der Waals surface area contributed by atoms with Crippen molar-refractivity contribution in [3.63, 3.8) is 0 Å². The quantitative estimate of drug-likeness (QED) is 0.655. The highest BCUT2D eigenvalue weighted by Crippen LogP contribution is 2.33. The fourth-order valence-corrected chi connectivity index (χ4v) is 4.01. The number of morpholine rings is 1. The fraction of sp³-hybridized carbons (Fsp3) is 1.00. The van der Waals surface area contributed by atoms with Gasteiger partial charge in [0.05, 0.1) is 22.7 Å². The molecule has 0 aromatic carbocycles. The third-order valence-electron chi connectivity index (χ3n) is 3.23. The molecule has 4 nitrogen and oxygen atoms in total. The van der Waals surface area contributed by atoms with Crippen LogP contribution in [0, 0.1) is 0 Å². The van der Waals surface area contributed by atoms with Crippen molar-refractivity contribution >= 4 is 9.84 Å². The Hall–Kier alpha value is -0.130. The van der Waals surface area contributed by atoms with Crippen molar-refractivity contribution in [1.82, 2.24) is 5.32 Å². The first-order valence-corrected chi connectivity index (χ1v) is 7.26. The van der Waals surface area contributed by atoms with Crippen molar-refractivity contribution < 1.29 is 13.2 Å². The van der Waals surface area contributed by atoms with Crippen LogP contribution < -0.4 is 5.32 Å². The second kappa shape index (κ2) is 3.43. The van der Waals surface area contributed by atoms with Crippen LogP contribution in [0.15, 0.2) is 0 Å². The molecule has 2 fully saturated rings. The first-order chi connectivity index (χ1) is 6.83. The van der Waals surface area contributed by atoms with Gasteiger partial charge in [0.2, 0.25) is 0 Å². The number of ether oxygens (including phenoxy) is 1. The van der Waals surface area contributed by atoms with E-state index in [1.807, 2.05) is 13.8 Å². The first-order valence-electron chi connectivity index (χ1n) is 5.44. The summed E-state index contributed by atoms with van der Waals surface area (Å²) in [4.78, 5) is 0. The molecule has 0 aromatic rings. The van der Waals surface area contributed by atoms with Crippen LogP contribution in [0.2, 0.25) is 0 Å². The highest BCUT2D eigenvalue weighted by molar-refractivity contribution is 7.91. The maximum absolute atomic E-state index is 11.4. The molecule has 0 aromatic heterocycles. The van der Waals surface area contributed by atoms with Crippen molar-refractivity contribution in [3.05, 3.63) is 0 Å². The Morgan fingerprint density at radius 3 is 2.27 bits per heavy atom. The topological polar surface area (TPSA) is 55.4 Å². The third kappa shape index (κ3) is 2.52. The third-order valence-corrected chi connectivity index (χ3v) is 4.88. The molecule has 1 N–H and O–H groups in total. The van der Waals surface area contributed by atoms with Crippen LogP contribution >= 0.6 is 0 Å². The molecule has 0 radical (unpaired) electrons. The van der Waals surface area contributed by atoms with Crippen LogP contribution in [0.5, 0.6) is 0 Å². The average molecular weight is 233 g/mol. The Balaban J connectivity index is 2.09. The van der Waals surface area contributed by atoms with E-state index in [0.29, 0.717) is 12.8 Å². The lowest BCUT2D eigenvalue weighted by molar-refractivity contribution is -0.165. The van der Waals surface area contributed by atoms with Gasteiger partial charge in [0.25, 0.3) is 0 Å². The Morgan fingerprint density at radius 2 is 1.73 bits per heavy atom. The van der Waals surface area contributed by atoms with Crippen molar-refractivity contribution in [2.24, 2.45) is 0 Å². The van der Waals surface area contributed by atoms with Crippen LogP contribution in [0.1, 0.15) is 26.7 Å². The monoisotopic (exact) mass is 233 g/mol. The van der Waals surface area contributed by atoms with E-state index in [2.05, 4.69) is 5.32 Å². The minimum absolute atomic E-state index is 0.181. The molecule has 2 rings (SSSR count). The molecule has 0 atom stereocenters. The Kier molecular flexibility index (Phi) is 2.60. The normalized spacial score (nSPS) is 32.7. The summed E-state index contributed by atoms with van der Waals surface area (Å²) in [6.07, 6.45) is 1.26. The van der Waals surface area contributed by atoms with Crippen molar-refractivity contribution in [1.29, 1.82) is 0 Å². The van der Waals surface area contributed by atoms with Crippen LogP contribution in [0.3, 0.4) is 0 Å². The van der Waals surface area contributed by atoms with Gasteiger partial charge in [-0.05, 0) is 26.7 Å². The predicted molar refractivity (Wildman–Crippen MR) is 58.7 cm³/mol. The van der Waals surface area contributed by atoms with Crippen LogP contribution in [-0.2, 0) is 14.6 Å². The summed E-state index contributed by atoms with van der Waals surface area (Å²) in [6, 6.07) is 0. The maximum atomic E-state index is 11.4. The molecule has 15 heavy (non-hydrogen) atoms. The Morgan fingerprint density at radius 1 is 1.13 bits per heavy atom. The molecule has 0 aliphatic carbocycles. The fourth-order valence-electron chi connectivity index (χ4n) is 2.44. The minimum Gasteiger partial charge on any atom is -0.366 e. The Bertz CT molecular complexity index is 334. The lowest BCUT2D eigenvalue weighted by Crippen LogP contribution is -2.60. The van der Waals surface area contributed by atoms with Crippen molar-refractivity contribution in [2.75, 3.05) is 24.6 Å².